The number of likely N-dealkylation sites (N-methyl/N-ethyl adjacent to an activating group) is 1. The molecule has 114 valence electrons. The van der Waals surface area contributed by atoms with Gasteiger partial charge in [-0.2, -0.15) is 0 Å². The van der Waals surface area contributed by atoms with Crippen LogP contribution in [0.25, 0.3) is 0 Å². The highest BCUT2D eigenvalue weighted by molar-refractivity contribution is 5.83. The Labute approximate surface area is 123 Å². The van der Waals surface area contributed by atoms with Crippen LogP contribution in [0.2, 0.25) is 0 Å². The number of carbonyl (C=O) groups excluding carboxylic acids is 1. The van der Waals surface area contributed by atoms with Crippen LogP contribution in [0.5, 0.6) is 0 Å². The summed E-state index contributed by atoms with van der Waals surface area (Å²) >= 11 is 0. The van der Waals surface area contributed by atoms with Crippen molar-refractivity contribution in [3.05, 3.63) is 18.2 Å². The van der Waals surface area contributed by atoms with Gasteiger partial charge in [0.05, 0.1) is 18.3 Å². The van der Waals surface area contributed by atoms with Gasteiger partial charge in [-0.15, -0.1) is 0 Å². The molecule has 1 amide bonds. The van der Waals surface area contributed by atoms with Crippen LogP contribution >= 0.6 is 0 Å². The number of aromatic nitrogens is 2. The fourth-order valence-corrected chi connectivity index (χ4v) is 3.10. The fraction of sp³-hybridized carbons (Fsp3) is 0.643. The molecule has 0 spiro atoms. The summed E-state index contributed by atoms with van der Waals surface area (Å²) < 4.78 is 12.9. The molecule has 0 saturated carbocycles. The van der Waals surface area contributed by atoms with Crippen LogP contribution in [0.1, 0.15) is 0 Å². The summed E-state index contributed by atoms with van der Waals surface area (Å²) in [5, 5.41) is 0. The summed E-state index contributed by atoms with van der Waals surface area (Å²) in [4.78, 5) is 26.4. The Morgan fingerprint density at radius 1 is 1.29 bits per heavy atom. The summed E-state index contributed by atoms with van der Waals surface area (Å²) in [7, 11) is 4.02. The summed E-state index contributed by atoms with van der Waals surface area (Å²) in [5.41, 5.74) is 0. The van der Waals surface area contributed by atoms with Crippen molar-refractivity contribution in [1.29, 1.82) is 0 Å². The van der Waals surface area contributed by atoms with Crippen LogP contribution in [-0.2, 0) is 4.79 Å². The van der Waals surface area contributed by atoms with E-state index in [2.05, 4.69) is 14.9 Å². The number of carbonyl (C=O) groups is 1. The first kappa shape index (κ1) is 14.2. The molecule has 0 aromatic carbocycles. The Morgan fingerprint density at radius 2 is 2.00 bits per heavy atom. The molecule has 0 bridgehead atoms. The van der Waals surface area contributed by atoms with Gasteiger partial charge in [-0.1, -0.05) is 0 Å². The number of hydrogen-bond acceptors (Lipinski definition) is 5. The van der Waals surface area contributed by atoms with E-state index in [1.807, 2.05) is 23.9 Å². The quantitative estimate of drug-likeness (QED) is 0.786. The lowest BCUT2D eigenvalue weighted by atomic mass is 10.0. The first-order valence-electron chi connectivity index (χ1n) is 7.20. The predicted octanol–water partition coefficient (Wildman–Crippen LogP) is 0.0719. The molecular formula is C14H20FN5O. The molecule has 0 N–H and O–H groups in total. The molecule has 2 aliphatic heterocycles. The van der Waals surface area contributed by atoms with Gasteiger partial charge < -0.3 is 14.7 Å². The molecule has 7 heteroatoms. The molecule has 21 heavy (non-hydrogen) atoms. The fourth-order valence-electron chi connectivity index (χ4n) is 3.10. The molecule has 2 aliphatic rings. The SMILES string of the molecule is CN(C)CCN1C[C@@H]2CN(c3ncc(F)cn3)C[C@@H]2C1=O. The zero-order valence-electron chi connectivity index (χ0n) is 12.4. The molecular weight excluding hydrogens is 273 g/mol. The van der Waals surface area contributed by atoms with E-state index in [1.165, 1.54) is 12.4 Å². The second kappa shape index (κ2) is 5.55. The average Bonchev–Trinajstić information content (AvgIpc) is 2.98. The van der Waals surface area contributed by atoms with Crippen LogP contribution in [-0.4, -0.2) is 72.5 Å². The molecule has 0 unspecified atom stereocenters. The van der Waals surface area contributed by atoms with Crippen molar-refractivity contribution < 1.29 is 9.18 Å². The summed E-state index contributed by atoms with van der Waals surface area (Å²) in [6.45, 7) is 3.87. The second-order valence-corrected chi connectivity index (χ2v) is 6.06. The maximum absolute atomic E-state index is 12.9. The zero-order chi connectivity index (χ0) is 15.0. The maximum Gasteiger partial charge on any atom is 0.227 e. The van der Waals surface area contributed by atoms with E-state index in [4.69, 9.17) is 0 Å². The predicted molar refractivity (Wildman–Crippen MR) is 76.3 cm³/mol. The Morgan fingerprint density at radius 3 is 2.62 bits per heavy atom. The molecule has 2 fully saturated rings. The number of amides is 1. The third-order valence-electron chi connectivity index (χ3n) is 4.23. The molecule has 0 aliphatic carbocycles. The zero-order valence-corrected chi connectivity index (χ0v) is 12.4. The Kier molecular flexibility index (Phi) is 3.75. The highest BCUT2D eigenvalue weighted by Crippen LogP contribution is 2.33. The largest absolute Gasteiger partial charge is 0.341 e. The lowest BCUT2D eigenvalue weighted by molar-refractivity contribution is -0.130. The van der Waals surface area contributed by atoms with E-state index in [-0.39, 0.29) is 11.8 Å². The van der Waals surface area contributed by atoms with E-state index < -0.39 is 5.82 Å². The number of halogens is 1. The first-order valence-corrected chi connectivity index (χ1v) is 7.20. The minimum absolute atomic E-state index is 0.0285. The normalized spacial score (nSPS) is 25.0. The van der Waals surface area contributed by atoms with Gasteiger partial charge in [0.1, 0.15) is 0 Å². The number of fused-ring (bicyclic) bond motifs is 1. The Balaban J connectivity index is 1.62. The van der Waals surface area contributed by atoms with E-state index >= 15 is 0 Å². The third-order valence-corrected chi connectivity index (χ3v) is 4.23. The van der Waals surface area contributed by atoms with Crippen molar-refractivity contribution in [2.24, 2.45) is 11.8 Å². The van der Waals surface area contributed by atoms with Crippen LogP contribution < -0.4 is 4.90 Å². The van der Waals surface area contributed by atoms with Gasteiger partial charge in [0.2, 0.25) is 11.9 Å². The lowest BCUT2D eigenvalue weighted by Gasteiger charge is -2.23. The van der Waals surface area contributed by atoms with E-state index in [0.717, 1.165) is 26.2 Å². The number of nitrogens with zero attached hydrogens (tertiary/aromatic N) is 5. The number of hydrogen-bond donors (Lipinski definition) is 0. The van der Waals surface area contributed by atoms with Gasteiger partial charge in [-0.25, -0.2) is 14.4 Å². The summed E-state index contributed by atoms with van der Waals surface area (Å²) in [5.74, 6) is 0.656. The summed E-state index contributed by atoms with van der Waals surface area (Å²) in [6.07, 6.45) is 2.34. The molecule has 0 radical (unpaired) electrons. The van der Waals surface area contributed by atoms with Gasteiger partial charge in [-0.05, 0) is 14.1 Å². The first-order chi connectivity index (χ1) is 10.0. The number of anilines is 1. The van der Waals surface area contributed by atoms with Crippen molar-refractivity contribution in [3.63, 3.8) is 0 Å². The molecule has 2 saturated heterocycles. The Hall–Kier alpha value is -1.76. The highest BCUT2D eigenvalue weighted by Gasteiger charge is 2.46. The number of likely N-dealkylation sites (tertiary alicyclic amines) is 1. The molecule has 3 heterocycles. The van der Waals surface area contributed by atoms with E-state index in [0.29, 0.717) is 18.4 Å². The second-order valence-electron chi connectivity index (χ2n) is 6.06. The van der Waals surface area contributed by atoms with Gasteiger partial charge in [-0.3, -0.25) is 4.79 Å². The Bertz CT molecular complexity index is 521. The van der Waals surface area contributed by atoms with Gasteiger partial charge in [0.15, 0.2) is 5.82 Å². The summed E-state index contributed by atoms with van der Waals surface area (Å²) in [6, 6.07) is 0. The van der Waals surface area contributed by atoms with Gasteiger partial charge in [0, 0.05) is 38.6 Å². The van der Waals surface area contributed by atoms with Crippen LogP contribution in [0.15, 0.2) is 12.4 Å². The molecule has 1 aromatic rings. The van der Waals surface area contributed by atoms with Gasteiger partial charge >= 0.3 is 0 Å². The van der Waals surface area contributed by atoms with Crippen LogP contribution in [0.4, 0.5) is 10.3 Å². The van der Waals surface area contributed by atoms with Crippen molar-refractivity contribution in [3.8, 4) is 0 Å². The average molecular weight is 293 g/mol. The topological polar surface area (TPSA) is 52.6 Å². The minimum atomic E-state index is -0.441. The maximum atomic E-state index is 12.9. The molecule has 3 rings (SSSR count). The van der Waals surface area contributed by atoms with Crippen LogP contribution in [0.3, 0.4) is 0 Å². The number of rotatable bonds is 4. The highest BCUT2D eigenvalue weighted by atomic mass is 19.1. The molecule has 2 atom stereocenters. The van der Waals surface area contributed by atoms with Crippen molar-refractivity contribution in [1.82, 2.24) is 19.8 Å². The monoisotopic (exact) mass is 293 g/mol. The van der Waals surface area contributed by atoms with Crippen molar-refractivity contribution in [2.45, 2.75) is 0 Å². The molecule has 1 aromatic heterocycles. The minimum Gasteiger partial charge on any atom is -0.341 e. The van der Waals surface area contributed by atoms with Crippen molar-refractivity contribution >= 4 is 11.9 Å². The van der Waals surface area contributed by atoms with E-state index in [9.17, 15) is 9.18 Å². The lowest BCUT2D eigenvalue weighted by Crippen LogP contribution is -2.37. The van der Waals surface area contributed by atoms with E-state index in [1.54, 1.807) is 0 Å². The third kappa shape index (κ3) is 2.83. The van der Waals surface area contributed by atoms with Crippen LogP contribution in [0, 0.1) is 17.7 Å². The standard InChI is InChI=1S/C14H20FN5O/c1-18(2)3-4-19-7-10-8-20(9-12(10)13(19)21)14-16-5-11(15)6-17-14/h5-6,10,12H,3-4,7-9H2,1-2H3/t10-,12+/m1/s1. The molecule has 6 nitrogen and oxygen atoms in total. The van der Waals surface area contributed by atoms with Crippen molar-refractivity contribution in [2.75, 3.05) is 51.7 Å². The van der Waals surface area contributed by atoms with Gasteiger partial charge in [0.25, 0.3) is 0 Å². The smallest absolute Gasteiger partial charge is 0.227 e.